The molecule has 26 heavy (non-hydrogen) atoms. The number of rotatable bonds is 15. The highest BCUT2D eigenvalue weighted by Gasteiger charge is 2.34. The van der Waals surface area contributed by atoms with Gasteiger partial charge >= 0.3 is 0 Å². The Balaban J connectivity index is 2.54. The van der Waals surface area contributed by atoms with E-state index in [0.29, 0.717) is 5.92 Å². The Morgan fingerprint density at radius 1 is 0.846 bits per heavy atom. The number of hydrogen-bond donors (Lipinski definition) is 0. The van der Waals surface area contributed by atoms with Gasteiger partial charge in [0.2, 0.25) is 0 Å². The number of aryl methyl sites for hydroxylation is 1. The minimum Gasteiger partial charge on any atom is -0.378 e. The molecule has 1 nitrogen and oxygen atoms in total. The maximum atomic E-state index is 13.1. The fraction of sp³-hybridized carbons (Fsp3) is 0.750. The summed E-state index contributed by atoms with van der Waals surface area (Å²) in [6, 6.07) is 6.98. The van der Waals surface area contributed by atoms with Crippen molar-refractivity contribution in [3.05, 3.63) is 35.6 Å². The van der Waals surface area contributed by atoms with Crippen LogP contribution in [0.5, 0.6) is 0 Å². The molecule has 0 amide bonds. The molecule has 1 rings (SSSR count). The van der Waals surface area contributed by atoms with Crippen LogP contribution in [0, 0.1) is 11.7 Å². The molecule has 150 valence electrons. The average molecular weight is 365 g/mol. The van der Waals surface area contributed by atoms with Crippen molar-refractivity contribution in [3.63, 3.8) is 0 Å². The van der Waals surface area contributed by atoms with Crippen LogP contribution in [0.15, 0.2) is 24.3 Å². The fourth-order valence-electron chi connectivity index (χ4n) is 4.33. The predicted molar refractivity (Wildman–Crippen MR) is 111 cm³/mol. The van der Waals surface area contributed by atoms with Gasteiger partial charge in [-0.15, -0.1) is 0 Å². The predicted octanol–water partition coefficient (Wildman–Crippen LogP) is 7.72. The molecule has 1 unspecified atom stereocenters. The highest BCUT2D eigenvalue weighted by molar-refractivity contribution is 5.16. The summed E-state index contributed by atoms with van der Waals surface area (Å²) in [6.07, 6.45) is 14.9. The number of unbranched alkanes of at least 4 members (excludes halogenated alkanes) is 5. The van der Waals surface area contributed by atoms with E-state index in [2.05, 4.69) is 20.8 Å². The Labute approximate surface area is 161 Å². The molecule has 1 aromatic carbocycles. The van der Waals surface area contributed by atoms with Gasteiger partial charge < -0.3 is 4.74 Å². The van der Waals surface area contributed by atoms with E-state index >= 15 is 0 Å². The molecule has 0 aromatic heterocycles. The molecule has 0 spiro atoms. The Hall–Kier alpha value is -0.890. The lowest BCUT2D eigenvalue weighted by molar-refractivity contribution is -0.0710. The number of methoxy groups -OCH3 is 1. The Bertz CT molecular complexity index is 442. The van der Waals surface area contributed by atoms with Crippen molar-refractivity contribution >= 4 is 0 Å². The molecule has 0 bridgehead atoms. The van der Waals surface area contributed by atoms with Crippen LogP contribution >= 0.6 is 0 Å². The lowest BCUT2D eigenvalue weighted by Crippen LogP contribution is -2.39. The summed E-state index contributed by atoms with van der Waals surface area (Å²) in [5.74, 6) is 0.471. The molecule has 0 aliphatic heterocycles. The topological polar surface area (TPSA) is 9.23 Å². The molecule has 0 N–H and O–H groups in total. The first-order valence-electron chi connectivity index (χ1n) is 10.9. The third-order valence-corrected chi connectivity index (χ3v) is 6.18. The van der Waals surface area contributed by atoms with Crippen molar-refractivity contribution in [2.24, 2.45) is 5.92 Å². The van der Waals surface area contributed by atoms with Gasteiger partial charge in [0.05, 0.1) is 5.60 Å². The molecule has 0 saturated carbocycles. The fourth-order valence-corrected chi connectivity index (χ4v) is 4.33. The molecule has 0 aliphatic rings. The number of ether oxygens (including phenoxy) is 1. The van der Waals surface area contributed by atoms with Crippen molar-refractivity contribution in [1.82, 2.24) is 0 Å². The second-order valence-electron chi connectivity index (χ2n) is 7.75. The largest absolute Gasteiger partial charge is 0.378 e. The van der Waals surface area contributed by atoms with Crippen LogP contribution in [0.1, 0.15) is 97.0 Å². The van der Waals surface area contributed by atoms with Gasteiger partial charge in [0.25, 0.3) is 0 Å². The standard InChI is InChI=1S/C24H41FO/c1-5-8-9-10-11-12-15-22(24(6-2,7-3)26-4)16-13-14-21-17-19-23(25)20-18-21/h17-20,22H,5-16H2,1-4H3. The van der Waals surface area contributed by atoms with E-state index in [4.69, 9.17) is 4.74 Å². The summed E-state index contributed by atoms with van der Waals surface area (Å²) in [6.45, 7) is 6.80. The number of benzene rings is 1. The van der Waals surface area contributed by atoms with Crippen molar-refractivity contribution in [3.8, 4) is 0 Å². The maximum absolute atomic E-state index is 13.1. The normalized spacial score (nSPS) is 13.1. The van der Waals surface area contributed by atoms with Crippen molar-refractivity contribution in [2.75, 3.05) is 7.11 Å². The summed E-state index contributed by atoms with van der Waals surface area (Å²) >= 11 is 0. The van der Waals surface area contributed by atoms with E-state index in [9.17, 15) is 4.39 Å². The summed E-state index contributed by atoms with van der Waals surface area (Å²) in [4.78, 5) is 0. The minimum absolute atomic E-state index is 0.0201. The molecule has 1 aromatic rings. The molecular weight excluding hydrogens is 323 g/mol. The van der Waals surface area contributed by atoms with Gasteiger partial charge in [-0.3, -0.25) is 0 Å². The van der Waals surface area contributed by atoms with Crippen molar-refractivity contribution in [1.29, 1.82) is 0 Å². The molecule has 1 atom stereocenters. The summed E-state index contributed by atoms with van der Waals surface area (Å²) < 4.78 is 19.1. The summed E-state index contributed by atoms with van der Waals surface area (Å²) in [5.41, 5.74) is 1.26. The molecule has 0 radical (unpaired) electrons. The van der Waals surface area contributed by atoms with Gasteiger partial charge in [-0.1, -0.05) is 71.4 Å². The maximum Gasteiger partial charge on any atom is 0.123 e. The van der Waals surface area contributed by atoms with Crippen LogP contribution in [0.25, 0.3) is 0 Å². The molecule has 0 heterocycles. The van der Waals surface area contributed by atoms with Gasteiger partial charge in [-0.05, 0) is 62.1 Å². The second-order valence-corrected chi connectivity index (χ2v) is 7.75. The average Bonchev–Trinajstić information content (AvgIpc) is 2.67. The first kappa shape index (κ1) is 23.1. The SMILES string of the molecule is CCCCCCCCC(CCCc1ccc(F)cc1)C(CC)(CC)OC. The van der Waals surface area contributed by atoms with Crippen LogP contribution in [0.3, 0.4) is 0 Å². The quantitative estimate of drug-likeness (QED) is 0.289. The molecule has 0 saturated heterocycles. The van der Waals surface area contributed by atoms with Gasteiger partial charge in [-0.2, -0.15) is 0 Å². The Morgan fingerprint density at radius 3 is 2.00 bits per heavy atom. The van der Waals surface area contributed by atoms with Crippen molar-refractivity contribution in [2.45, 2.75) is 103 Å². The van der Waals surface area contributed by atoms with E-state index in [0.717, 1.165) is 25.7 Å². The van der Waals surface area contributed by atoms with Gasteiger partial charge in [0, 0.05) is 7.11 Å². The molecule has 0 aliphatic carbocycles. The van der Waals surface area contributed by atoms with Gasteiger partial charge in [-0.25, -0.2) is 4.39 Å². The summed E-state index contributed by atoms with van der Waals surface area (Å²) in [5, 5.41) is 0. The van der Waals surface area contributed by atoms with Crippen LogP contribution in [-0.4, -0.2) is 12.7 Å². The third kappa shape index (κ3) is 7.78. The number of hydrogen-bond acceptors (Lipinski definition) is 1. The van der Waals surface area contributed by atoms with Crippen LogP contribution in [-0.2, 0) is 11.2 Å². The first-order valence-corrected chi connectivity index (χ1v) is 10.9. The highest BCUT2D eigenvalue weighted by atomic mass is 19.1. The monoisotopic (exact) mass is 364 g/mol. The molecule has 0 fully saturated rings. The third-order valence-electron chi connectivity index (χ3n) is 6.18. The minimum atomic E-state index is -0.148. The molecular formula is C24H41FO. The van der Waals surface area contributed by atoms with E-state index in [-0.39, 0.29) is 11.4 Å². The Morgan fingerprint density at radius 2 is 1.42 bits per heavy atom. The van der Waals surface area contributed by atoms with Gasteiger partial charge in [0.15, 0.2) is 0 Å². The van der Waals surface area contributed by atoms with Crippen molar-refractivity contribution < 1.29 is 9.13 Å². The van der Waals surface area contributed by atoms with E-state index < -0.39 is 0 Å². The van der Waals surface area contributed by atoms with E-state index in [1.165, 1.54) is 56.9 Å². The molecule has 2 heteroatoms. The highest BCUT2D eigenvalue weighted by Crippen LogP contribution is 2.36. The van der Waals surface area contributed by atoms with Crippen LogP contribution < -0.4 is 0 Å². The zero-order valence-corrected chi connectivity index (χ0v) is 17.7. The first-order chi connectivity index (χ1) is 12.6. The summed E-state index contributed by atoms with van der Waals surface area (Å²) in [7, 11) is 1.89. The smallest absolute Gasteiger partial charge is 0.123 e. The zero-order valence-electron chi connectivity index (χ0n) is 17.7. The van der Waals surface area contributed by atoms with Crippen LogP contribution in [0.4, 0.5) is 4.39 Å². The van der Waals surface area contributed by atoms with E-state index in [1.807, 2.05) is 19.2 Å². The Kier molecular flexibility index (Phi) is 11.8. The lowest BCUT2D eigenvalue weighted by atomic mass is 9.76. The zero-order chi connectivity index (χ0) is 19.3. The van der Waals surface area contributed by atoms with Crippen LogP contribution in [0.2, 0.25) is 0 Å². The second kappa shape index (κ2) is 13.3. The number of halogens is 1. The lowest BCUT2D eigenvalue weighted by Gasteiger charge is -2.39. The van der Waals surface area contributed by atoms with E-state index in [1.54, 1.807) is 12.1 Å². The van der Waals surface area contributed by atoms with Gasteiger partial charge in [0.1, 0.15) is 5.82 Å².